The van der Waals surface area contributed by atoms with Crippen LogP contribution in [0.25, 0.3) is 11.4 Å². The maximum Gasteiger partial charge on any atom is 0.141 e. The van der Waals surface area contributed by atoms with Crippen LogP contribution in [0.2, 0.25) is 0 Å². The van der Waals surface area contributed by atoms with E-state index in [9.17, 15) is 0 Å². The maximum absolute atomic E-state index is 5.59. The third-order valence-electron chi connectivity index (χ3n) is 4.39. The molecule has 1 aromatic heterocycles. The Balaban J connectivity index is 2.03. The zero-order valence-corrected chi connectivity index (χ0v) is 14.6. The van der Waals surface area contributed by atoms with Gasteiger partial charge in [-0.05, 0) is 39.0 Å². The lowest BCUT2D eigenvalue weighted by Gasteiger charge is -2.24. The highest BCUT2D eigenvalue weighted by atomic mass is 32.1. The normalized spacial score (nSPS) is 13.8. The Morgan fingerprint density at radius 3 is 2.74 bits per heavy atom. The van der Waals surface area contributed by atoms with E-state index in [0.717, 1.165) is 55.0 Å². The minimum absolute atomic E-state index is 0.775. The van der Waals surface area contributed by atoms with E-state index in [4.69, 9.17) is 21.9 Å². The molecule has 1 aliphatic rings. The number of ether oxygens (including phenoxy) is 1. The van der Waals surface area contributed by atoms with E-state index in [2.05, 4.69) is 28.8 Å². The van der Waals surface area contributed by atoms with Crippen molar-refractivity contribution in [3.8, 4) is 11.4 Å². The highest BCUT2D eigenvalue weighted by Crippen LogP contribution is 2.27. The Bertz CT molecular complexity index is 709. The molecule has 0 radical (unpaired) electrons. The number of aromatic nitrogens is 2. The molecule has 0 amide bonds. The molecule has 0 atom stereocenters. The summed E-state index contributed by atoms with van der Waals surface area (Å²) < 4.78 is 8.69. The molecule has 0 aliphatic heterocycles. The molecule has 0 unspecified atom stereocenters. The first-order chi connectivity index (χ1) is 11.3. The smallest absolute Gasteiger partial charge is 0.141 e. The first-order valence-corrected chi connectivity index (χ1v) is 8.98. The molecule has 4 heteroatoms. The van der Waals surface area contributed by atoms with E-state index in [-0.39, 0.29) is 0 Å². The molecular weight excluding hydrogens is 304 g/mol. The second-order valence-corrected chi connectivity index (χ2v) is 6.33. The van der Waals surface area contributed by atoms with Gasteiger partial charge in [-0.3, -0.25) is 0 Å². The van der Waals surface area contributed by atoms with Crippen molar-refractivity contribution >= 4 is 12.2 Å². The van der Waals surface area contributed by atoms with Crippen LogP contribution in [0.5, 0.6) is 0 Å². The lowest BCUT2D eigenvalue weighted by molar-refractivity contribution is 0.141. The van der Waals surface area contributed by atoms with E-state index < -0.39 is 0 Å². The second kappa shape index (κ2) is 7.84. The van der Waals surface area contributed by atoms with Crippen LogP contribution >= 0.6 is 12.2 Å². The molecule has 1 aliphatic carbocycles. The standard InChI is InChI=1S/C19H24N2OS/c1-2-22-14-8-13-21-17-12-7-6-11-16(17)19(23)20-18(21)15-9-4-3-5-10-15/h3-5,9-10H,2,6-8,11-14H2,1H3. The van der Waals surface area contributed by atoms with Crippen molar-refractivity contribution in [2.75, 3.05) is 13.2 Å². The highest BCUT2D eigenvalue weighted by molar-refractivity contribution is 7.71. The summed E-state index contributed by atoms with van der Waals surface area (Å²) in [6.07, 6.45) is 5.65. The number of hydrogen-bond donors (Lipinski definition) is 0. The number of benzene rings is 1. The van der Waals surface area contributed by atoms with Crippen molar-refractivity contribution in [1.29, 1.82) is 0 Å². The fourth-order valence-electron chi connectivity index (χ4n) is 3.29. The van der Waals surface area contributed by atoms with E-state index >= 15 is 0 Å². The first-order valence-electron chi connectivity index (χ1n) is 8.57. The molecule has 2 aromatic rings. The van der Waals surface area contributed by atoms with E-state index in [1.165, 1.54) is 24.1 Å². The molecule has 0 spiro atoms. The average molecular weight is 328 g/mol. The fraction of sp³-hybridized carbons (Fsp3) is 0.474. The predicted molar refractivity (Wildman–Crippen MR) is 96.2 cm³/mol. The van der Waals surface area contributed by atoms with Crippen LogP contribution in [-0.4, -0.2) is 22.8 Å². The van der Waals surface area contributed by atoms with Crippen molar-refractivity contribution < 1.29 is 4.74 Å². The Morgan fingerprint density at radius 2 is 1.96 bits per heavy atom. The molecule has 1 heterocycles. The Hall–Kier alpha value is -1.52. The molecule has 0 N–H and O–H groups in total. The van der Waals surface area contributed by atoms with Crippen molar-refractivity contribution in [2.24, 2.45) is 0 Å². The van der Waals surface area contributed by atoms with Gasteiger partial charge in [0.15, 0.2) is 0 Å². The van der Waals surface area contributed by atoms with Gasteiger partial charge in [-0.15, -0.1) is 0 Å². The van der Waals surface area contributed by atoms with Gasteiger partial charge in [0, 0.05) is 36.6 Å². The highest BCUT2D eigenvalue weighted by Gasteiger charge is 2.18. The van der Waals surface area contributed by atoms with E-state index in [0.29, 0.717) is 0 Å². The third-order valence-corrected chi connectivity index (χ3v) is 4.73. The number of nitrogens with zero attached hydrogens (tertiary/aromatic N) is 2. The van der Waals surface area contributed by atoms with Gasteiger partial charge in [0.25, 0.3) is 0 Å². The predicted octanol–water partition coefficient (Wildman–Crippen LogP) is 4.58. The molecule has 1 aromatic carbocycles. The maximum atomic E-state index is 5.59. The Labute approximate surface area is 143 Å². The van der Waals surface area contributed by atoms with Crippen LogP contribution in [0.3, 0.4) is 0 Å². The summed E-state index contributed by atoms with van der Waals surface area (Å²) in [4.78, 5) is 4.79. The van der Waals surface area contributed by atoms with Gasteiger partial charge in [-0.2, -0.15) is 0 Å². The molecule has 23 heavy (non-hydrogen) atoms. The molecule has 0 bridgehead atoms. The second-order valence-electron chi connectivity index (χ2n) is 5.94. The zero-order valence-electron chi connectivity index (χ0n) is 13.8. The van der Waals surface area contributed by atoms with Crippen LogP contribution < -0.4 is 0 Å². The van der Waals surface area contributed by atoms with Gasteiger partial charge in [-0.1, -0.05) is 42.5 Å². The molecule has 0 saturated heterocycles. The summed E-state index contributed by atoms with van der Waals surface area (Å²) in [6, 6.07) is 10.4. The van der Waals surface area contributed by atoms with Crippen molar-refractivity contribution in [3.05, 3.63) is 46.2 Å². The van der Waals surface area contributed by atoms with Gasteiger partial charge < -0.3 is 9.30 Å². The Morgan fingerprint density at radius 1 is 1.17 bits per heavy atom. The molecule has 3 nitrogen and oxygen atoms in total. The van der Waals surface area contributed by atoms with Crippen molar-refractivity contribution in [2.45, 2.75) is 45.6 Å². The van der Waals surface area contributed by atoms with Gasteiger partial charge >= 0.3 is 0 Å². The molecule has 0 saturated carbocycles. The number of rotatable bonds is 6. The zero-order chi connectivity index (χ0) is 16.1. The minimum Gasteiger partial charge on any atom is -0.382 e. The summed E-state index contributed by atoms with van der Waals surface area (Å²) in [5.41, 5.74) is 3.83. The van der Waals surface area contributed by atoms with Crippen LogP contribution in [0, 0.1) is 4.64 Å². The third kappa shape index (κ3) is 3.70. The molecule has 3 rings (SSSR count). The first kappa shape index (κ1) is 16.3. The summed E-state index contributed by atoms with van der Waals surface area (Å²) in [5.74, 6) is 1.01. The van der Waals surface area contributed by atoms with E-state index in [1.54, 1.807) is 0 Å². The summed E-state index contributed by atoms with van der Waals surface area (Å²) in [7, 11) is 0. The van der Waals surface area contributed by atoms with Gasteiger partial charge in [-0.25, -0.2) is 4.98 Å². The van der Waals surface area contributed by atoms with Crippen molar-refractivity contribution in [1.82, 2.24) is 9.55 Å². The molecular formula is C19H24N2OS. The number of hydrogen-bond acceptors (Lipinski definition) is 3. The van der Waals surface area contributed by atoms with E-state index in [1.807, 2.05) is 13.0 Å². The molecule has 122 valence electrons. The quantitative estimate of drug-likeness (QED) is 0.573. The average Bonchev–Trinajstić information content (AvgIpc) is 2.61. The van der Waals surface area contributed by atoms with Crippen LogP contribution in [-0.2, 0) is 24.1 Å². The van der Waals surface area contributed by atoms with Crippen LogP contribution in [0.1, 0.15) is 37.4 Å². The lowest BCUT2D eigenvalue weighted by Crippen LogP contribution is -2.19. The van der Waals surface area contributed by atoms with Crippen molar-refractivity contribution in [3.63, 3.8) is 0 Å². The molecule has 0 fully saturated rings. The van der Waals surface area contributed by atoms with Gasteiger partial charge in [0.2, 0.25) is 0 Å². The minimum atomic E-state index is 0.775. The van der Waals surface area contributed by atoms with Crippen LogP contribution in [0.4, 0.5) is 0 Å². The fourth-order valence-corrected chi connectivity index (χ4v) is 3.59. The Kier molecular flexibility index (Phi) is 5.57. The lowest BCUT2D eigenvalue weighted by atomic mass is 9.96. The topological polar surface area (TPSA) is 27.1 Å². The SMILES string of the molecule is CCOCCCn1c(-c2ccccc2)nc(=S)c2c1CCCC2. The summed E-state index contributed by atoms with van der Waals surface area (Å²) in [5, 5.41) is 0. The van der Waals surface area contributed by atoms with Gasteiger partial charge in [0.05, 0.1) is 0 Å². The largest absolute Gasteiger partial charge is 0.382 e. The number of fused-ring (bicyclic) bond motifs is 1. The monoisotopic (exact) mass is 328 g/mol. The van der Waals surface area contributed by atoms with Crippen LogP contribution in [0.15, 0.2) is 30.3 Å². The van der Waals surface area contributed by atoms with Gasteiger partial charge in [0.1, 0.15) is 10.5 Å². The summed E-state index contributed by atoms with van der Waals surface area (Å²) >= 11 is 5.59. The summed E-state index contributed by atoms with van der Waals surface area (Å²) in [6.45, 7) is 4.55.